The smallest absolute Gasteiger partial charge is 0.493 e. The third-order valence-electron chi connectivity index (χ3n) is 3.93. The van der Waals surface area contributed by atoms with Crippen LogP contribution >= 0.6 is 11.8 Å². The number of amides is 2. The molecule has 0 saturated carbocycles. The fourth-order valence-corrected chi connectivity index (χ4v) is 3.47. The maximum absolute atomic E-state index is 12.1. The summed E-state index contributed by atoms with van der Waals surface area (Å²) in [5.41, 5.74) is 1.73. The first kappa shape index (κ1) is 23.6. The molecule has 0 aromatic heterocycles. The van der Waals surface area contributed by atoms with Gasteiger partial charge in [0.25, 0.3) is 5.24 Å². The molecule has 162 valence electrons. The number of carbonyl (C=O) groups excluding carboxylic acids is 2. The molecule has 2 aromatic rings. The Morgan fingerprint density at radius 3 is 2.03 bits per heavy atom. The van der Waals surface area contributed by atoms with E-state index in [0.717, 1.165) is 22.9 Å². The van der Waals surface area contributed by atoms with Crippen molar-refractivity contribution in [1.82, 2.24) is 5.32 Å². The Bertz CT molecular complexity index is 839. The average Bonchev–Trinajstić information content (AvgIpc) is 3.02. The van der Waals surface area contributed by atoms with E-state index in [1.54, 1.807) is 24.3 Å². The summed E-state index contributed by atoms with van der Waals surface area (Å²) in [5.74, 6) is 0.103. The number of carbonyl (C=O) groups is 2. The summed E-state index contributed by atoms with van der Waals surface area (Å²) >= 11 is 0.986. The van der Waals surface area contributed by atoms with Crippen LogP contribution in [0.1, 0.15) is 25.0 Å². The van der Waals surface area contributed by atoms with Crippen LogP contribution in [0.3, 0.4) is 0 Å². The lowest BCUT2D eigenvalue weighted by Gasteiger charge is -2.10. The minimum Gasteiger partial charge on any atom is -0.493 e. The maximum atomic E-state index is 12.1. The molecule has 5 nitrogen and oxygen atoms in total. The third-order valence-corrected chi connectivity index (χ3v) is 4.91. The van der Waals surface area contributed by atoms with Crippen LogP contribution in [0, 0.1) is 0 Å². The van der Waals surface area contributed by atoms with E-state index in [2.05, 4.69) is 10.1 Å². The number of hydrogen-bond acceptors (Lipinski definition) is 5. The first-order valence-corrected chi connectivity index (χ1v) is 10.2. The molecule has 1 aliphatic rings. The van der Waals surface area contributed by atoms with Crippen molar-refractivity contribution in [2.45, 2.75) is 38.3 Å². The van der Waals surface area contributed by atoms with E-state index < -0.39 is 11.6 Å². The molecule has 1 atom stereocenters. The van der Waals surface area contributed by atoms with Gasteiger partial charge in [0.15, 0.2) is 0 Å². The first-order valence-electron chi connectivity index (χ1n) is 9.36. The van der Waals surface area contributed by atoms with Gasteiger partial charge in [0, 0.05) is 6.42 Å². The van der Waals surface area contributed by atoms with Crippen LogP contribution in [0.2, 0.25) is 0 Å². The molecule has 1 N–H and O–H groups in total. The molecule has 1 heterocycles. The Morgan fingerprint density at radius 2 is 1.50 bits per heavy atom. The molecule has 3 rings (SSSR count). The predicted molar refractivity (Wildman–Crippen MR) is 109 cm³/mol. The average molecular weight is 441 g/mol. The van der Waals surface area contributed by atoms with Gasteiger partial charge in [0.2, 0.25) is 5.91 Å². The normalized spacial score (nSPS) is 15.8. The van der Waals surface area contributed by atoms with E-state index in [9.17, 15) is 22.8 Å². The summed E-state index contributed by atoms with van der Waals surface area (Å²) < 4.78 is 45.9. The molecular formula is C21H22F3NO4S. The lowest BCUT2D eigenvalue weighted by Crippen LogP contribution is -2.25. The third kappa shape index (κ3) is 7.62. The fraction of sp³-hybridized carbons (Fsp3) is 0.333. The van der Waals surface area contributed by atoms with E-state index in [1.165, 1.54) is 12.1 Å². The van der Waals surface area contributed by atoms with Crippen LogP contribution in [0.4, 0.5) is 18.0 Å². The molecule has 2 amide bonds. The lowest BCUT2D eigenvalue weighted by molar-refractivity contribution is -0.274. The van der Waals surface area contributed by atoms with Gasteiger partial charge < -0.3 is 9.47 Å². The summed E-state index contributed by atoms with van der Waals surface area (Å²) in [5, 5.41) is 1.51. The Balaban J connectivity index is 0.00000155. The highest BCUT2D eigenvalue weighted by Gasteiger charge is 2.31. The van der Waals surface area contributed by atoms with Crippen molar-refractivity contribution in [3.05, 3.63) is 59.7 Å². The summed E-state index contributed by atoms with van der Waals surface area (Å²) in [4.78, 5) is 22.8. The van der Waals surface area contributed by atoms with Gasteiger partial charge in [-0.1, -0.05) is 49.9 Å². The minimum absolute atomic E-state index is 0.261. The summed E-state index contributed by atoms with van der Waals surface area (Å²) in [6, 6.07) is 12.8. The van der Waals surface area contributed by atoms with Gasteiger partial charge in [-0.25, -0.2) is 0 Å². The molecular weight excluding hydrogens is 419 g/mol. The van der Waals surface area contributed by atoms with E-state index >= 15 is 0 Å². The first-order chi connectivity index (χ1) is 14.3. The van der Waals surface area contributed by atoms with Crippen LogP contribution in [-0.4, -0.2) is 29.4 Å². The lowest BCUT2D eigenvalue weighted by atomic mass is 10.1. The highest BCUT2D eigenvalue weighted by atomic mass is 32.2. The van der Waals surface area contributed by atoms with Crippen molar-refractivity contribution in [3.63, 3.8) is 0 Å². The van der Waals surface area contributed by atoms with Crippen molar-refractivity contribution in [2.24, 2.45) is 0 Å². The molecule has 30 heavy (non-hydrogen) atoms. The van der Waals surface area contributed by atoms with Gasteiger partial charge in [-0.2, -0.15) is 0 Å². The van der Waals surface area contributed by atoms with Crippen molar-refractivity contribution in [2.75, 3.05) is 6.61 Å². The molecule has 1 aliphatic heterocycles. The SMILES string of the molecule is CC.O=C1NC(=O)C(Cc2ccc(OCCc3ccc(OC(F)(F)F)cc3)cc2)S1. The topological polar surface area (TPSA) is 64.6 Å². The zero-order chi connectivity index (χ0) is 22.1. The van der Waals surface area contributed by atoms with Crippen LogP contribution in [0.5, 0.6) is 11.5 Å². The molecule has 9 heteroatoms. The number of rotatable bonds is 7. The number of imide groups is 1. The van der Waals surface area contributed by atoms with Crippen molar-refractivity contribution in [3.8, 4) is 11.5 Å². The summed E-state index contributed by atoms with van der Waals surface area (Å²) in [7, 11) is 0. The van der Waals surface area contributed by atoms with Crippen molar-refractivity contribution >= 4 is 22.9 Å². The van der Waals surface area contributed by atoms with Crippen LogP contribution in [-0.2, 0) is 17.6 Å². The summed E-state index contributed by atoms with van der Waals surface area (Å²) in [6.45, 7) is 4.36. The number of alkyl halides is 3. The van der Waals surface area contributed by atoms with Crippen molar-refractivity contribution < 1.29 is 32.2 Å². The number of halogens is 3. The number of thioether (sulfide) groups is 1. The van der Waals surface area contributed by atoms with Crippen LogP contribution in [0.15, 0.2) is 48.5 Å². The van der Waals surface area contributed by atoms with E-state index in [-0.39, 0.29) is 16.9 Å². The van der Waals surface area contributed by atoms with Crippen LogP contribution in [0.25, 0.3) is 0 Å². The number of benzene rings is 2. The molecule has 1 saturated heterocycles. The summed E-state index contributed by atoms with van der Waals surface area (Å²) in [6.07, 6.45) is -3.73. The largest absolute Gasteiger partial charge is 0.573 e. The van der Waals surface area contributed by atoms with E-state index in [1.807, 2.05) is 26.0 Å². The molecule has 2 aromatic carbocycles. The zero-order valence-corrected chi connectivity index (χ0v) is 17.3. The zero-order valence-electron chi connectivity index (χ0n) is 16.5. The molecule has 1 unspecified atom stereocenters. The van der Waals surface area contributed by atoms with Gasteiger partial charge in [-0.05, 0) is 41.8 Å². The number of nitrogens with one attached hydrogen (secondary N) is 1. The van der Waals surface area contributed by atoms with Gasteiger partial charge in [-0.3, -0.25) is 14.9 Å². The quantitative estimate of drug-likeness (QED) is 0.646. The van der Waals surface area contributed by atoms with Crippen LogP contribution < -0.4 is 14.8 Å². The predicted octanol–water partition coefficient (Wildman–Crippen LogP) is 5.13. The number of ether oxygens (including phenoxy) is 2. The molecule has 0 aliphatic carbocycles. The van der Waals surface area contributed by atoms with Crippen molar-refractivity contribution in [1.29, 1.82) is 0 Å². The number of hydrogen-bond donors (Lipinski definition) is 1. The maximum Gasteiger partial charge on any atom is 0.573 e. The monoisotopic (exact) mass is 441 g/mol. The highest BCUT2D eigenvalue weighted by Crippen LogP contribution is 2.24. The Kier molecular flexibility index (Phi) is 8.58. The Hall–Kier alpha value is -2.68. The molecule has 0 radical (unpaired) electrons. The second kappa shape index (κ2) is 10.9. The molecule has 1 fully saturated rings. The van der Waals surface area contributed by atoms with Gasteiger partial charge in [0.1, 0.15) is 11.5 Å². The highest BCUT2D eigenvalue weighted by molar-refractivity contribution is 8.15. The van der Waals surface area contributed by atoms with E-state index in [4.69, 9.17) is 4.74 Å². The fourth-order valence-electron chi connectivity index (χ4n) is 2.61. The second-order valence-electron chi connectivity index (χ2n) is 6.02. The van der Waals surface area contributed by atoms with E-state index in [0.29, 0.717) is 25.2 Å². The standard InChI is InChI=1S/C19H16F3NO4S.C2H6/c20-19(21,22)27-15-7-1-12(2-8-15)9-10-26-14-5-3-13(4-6-14)11-16-17(24)23-18(25)28-16;1-2/h1-8,16H,9-11H2,(H,23,24,25);1-2H3. The molecule has 0 bridgehead atoms. The van der Waals surface area contributed by atoms with Gasteiger partial charge in [0.05, 0.1) is 11.9 Å². The Labute approximate surface area is 176 Å². The molecule has 0 spiro atoms. The minimum atomic E-state index is -4.70. The van der Waals surface area contributed by atoms with Gasteiger partial charge in [-0.15, -0.1) is 13.2 Å². The second-order valence-corrected chi connectivity index (χ2v) is 7.20. The Morgan fingerprint density at radius 1 is 0.933 bits per heavy atom. The van der Waals surface area contributed by atoms with Gasteiger partial charge >= 0.3 is 6.36 Å².